The van der Waals surface area contributed by atoms with Crippen molar-refractivity contribution in [2.24, 2.45) is 5.10 Å². The predicted octanol–water partition coefficient (Wildman–Crippen LogP) is 3.71. The quantitative estimate of drug-likeness (QED) is 0.664. The standard InChI is InChI=1S/C18H17ClN2O3/c1-2-14(12-6-4-3-5-7-12)18(22)21-20-10-13-8-16-17(9-15(13)19)24-11-23-16/h3-10,14H,2,11H2,1H3,(H,21,22). The monoisotopic (exact) mass is 344 g/mol. The molecule has 6 heteroatoms. The lowest BCUT2D eigenvalue weighted by Crippen LogP contribution is -2.25. The highest BCUT2D eigenvalue weighted by Crippen LogP contribution is 2.36. The smallest absolute Gasteiger partial charge is 0.247 e. The zero-order valence-corrected chi connectivity index (χ0v) is 13.9. The SMILES string of the molecule is CCC(C(=O)NN=Cc1cc2c(cc1Cl)OCO2)c1ccccc1. The molecule has 0 fully saturated rings. The molecule has 1 atom stereocenters. The summed E-state index contributed by atoms with van der Waals surface area (Å²) in [6.07, 6.45) is 2.19. The Morgan fingerprint density at radius 3 is 2.71 bits per heavy atom. The first-order valence-electron chi connectivity index (χ1n) is 7.66. The molecule has 1 aliphatic rings. The summed E-state index contributed by atoms with van der Waals surface area (Å²) < 4.78 is 10.6. The summed E-state index contributed by atoms with van der Waals surface area (Å²) in [4.78, 5) is 12.3. The van der Waals surface area contributed by atoms with Gasteiger partial charge in [-0.25, -0.2) is 5.43 Å². The van der Waals surface area contributed by atoms with Crippen LogP contribution in [0.5, 0.6) is 11.5 Å². The van der Waals surface area contributed by atoms with E-state index >= 15 is 0 Å². The molecule has 1 N–H and O–H groups in total. The lowest BCUT2D eigenvalue weighted by Gasteiger charge is -2.13. The van der Waals surface area contributed by atoms with E-state index < -0.39 is 0 Å². The number of carbonyl (C=O) groups excluding carboxylic acids is 1. The number of amides is 1. The minimum absolute atomic E-state index is 0.156. The third-order valence-corrected chi connectivity index (χ3v) is 4.12. The van der Waals surface area contributed by atoms with Gasteiger partial charge >= 0.3 is 0 Å². The molecule has 0 saturated carbocycles. The second-order valence-electron chi connectivity index (χ2n) is 5.33. The number of halogens is 1. The number of hydrogen-bond acceptors (Lipinski definition) is 4. The van der Waals surface area contributed by atoms with Gasteiger partial charge in [-0.05, 0) is 18.1 Å². The van der Waals surface area contributed by atoms with E-state index in [2.05, 4.69) is 10.5 Å². The summed E-state index contributed by atoms with van der Waals surface area (Å²) in [5.41, 5.74) is 4.19. The van der Waals surface area contributed by atoms with Crippen LogP contribution < -0.4 is 14.9 Å². The number of fused-ring (bicyclic) bond motifs is 1. The van der Waals surface area contributed by atoms with Crippen LogP contribution in [0.25, 0.3) is 0 Å². The maximum Gasteiger partial charge on any atom is 0.247 e. The number of ether oxygens (including phenoxy) is 2. The van der Waals surface area contributed by atoms with Crippen LogP contribution in [0.15, 0.2) is 47.6 Å². The summed E-state index contributed by atoms with van der Waals surface area (Å²) in [7, 11) is 0. The Labute approximate surface area is 145 Å². The number of hydrogen-bond donors (Lipinski definition) is 1. The van der Waals surface area contributed by atoms with Crippen molar-refractivity contribution in [3.63, 3.8) is 0 Å². The zero-order chi connectivity index (χ0) is 16.9. The van der Waals surface area contributed by atoms with Crippen molar-refractivity contribution in [3.8, 4) is 11.5 Å². The van der Waals surface area contributed by atoms with Crippen molar-refractivity contribution in [2.45, 2.75) is 19.3 Å². The number of benzene rings is 2. The van der Waals surface area contributed by atoms with Gasteiger partial charge in [-0.15, -0.1) is 0 Å². The summed E-state index contributed by atoms with van der Waals surface area (Å²) in [6, 6.07) is 13.0. The van der Waals surface area contributed by atoms with E-state index in [1.165, 1.54) is 6.21 Å². The van der Waals surface area contributed by atoms with E-state index in [4.69, 9.17) is 21.1 Å². The molecule has 0 bridgehead atoms. The van der Waals surface area contributed by atoms with Crippen molar-refractivity contribution < 1.29 is 14.3 Å². The zero-order valence-electron chi connectivity index (χ0n) is 13.2. The van der Waals surface area contributed by atoms with E-state index in [1.807, 2.05) is 37.3 Å². The molecule has 5 nitrogen and oxygen atoms in total. The molecule has 1 heterocycles. The third kappa shape index (κ3) is 3.51. The Hall–Kier alpha value is -2.53. The van der Waals surface area contributed by atoms with Crippen molar-refractivity contribution >= 4 is 23.7 Å². The normalized spacial score (nSPS) is 13.9. The largest absolute Gasteiger partial charge is 0.454 e. The van der Waals surface area contributed by atoms with Crippen LogP contribution in [0.4, 0.5) is 0 Å². The van der Waals surface area contributed by atoms with Gasteiger partial charge in [0, 0.05) is 11.6 Å². The van der Waals surface area contributed by atoms with Crippen molar-refractivity contribution in [2.75, 3.05) is 6.79 Å². The number of nitrogens with one attached hydrogen (secondary N) is 1. The highest BCUT2D eigenvalue weighted by Gasteiger charge is 2.18. The van der Waals surface area contributed by atoms with Crippen LogP contribution >= 0.6 is 11.6 Å². The van der Waals surface area contributed by atoms with E-state index in [-0.39, 0.29) is 18.6 Å². The Balaban J connectivity index is 1.69. The minimum atomic E-state index is -0.240. The average Bonchev–Trinajstić information content (AvgIpc) is 3.04. The fourth-order valence-corrected chi connectivity index (χ4v) is 2.74. The van der Waals surface area contributed by atoms with Gasteiger partial charge in [0.1, 0.15) is 0 Å². The Bertz CT molecular complexity index is 762. The van der Waals surface area contributed by atoms with Gasteiger partial charge in [0.15, 0.2) is 11.5 Å². The summed E-state index contributed by atoms with van der Waals surface area (Å²) in [5, 5.41) is 4.50. The molecule has 0 radical (unpaired) electrons. The number of carbonyl (C=O) groups is 1. The van der Waals surface area contributed by atoms with Gasteiger partial charge in [0.05, 0.1) is 17.2 Å². The maximum atomic E-state index is 12.3. The highest BCUT2D eigenvalue weighted by atomic mass is 35.5. The third-order valence-electron chi connectivity index (χ3n) is 3.80. The Kier molecular flexibility index (Phi) is 5.01. The van der Waals surface area contributed by atoms with Crippen LogP contribution in [-0.4, -0.2) is 18.9 Å². The molecule has 0 spiro atoms. The molecule has 0 aliphatic carbocycles. The van der Waals surface area contributed by atoms with Crippen molar-refractivity contribution in [1.29, 1.82) is 0 Å². The lowest BCUT2D eigenvalue weighted by atomic mass is 9.96. The topological polar surface area (TPSA) is 59.9 Å². The Morgan fingerprint density at radius 2 is 2.00 bits per heavy atom. The van der Waals surface area contributed by atoms with Crippen LogP contribution in [-0.2, 0) is 4.79 Å². The lowest BCUT2D eigenvalue weighted by molar-refractivity contribution is -0.122. The molecule has 2 aromatic rings. The average molecular weight is 345 g/mol. The maximum absolute atomic E-state index is 12.3. The van der Waals surface area contributed by atoms with Crippen LogP contribution in [0, 0.1) is 0 Å². The summed E-state index contributed by atoms with van der Waals surface area (Å²) in [6.45, 7) is 2.15. The minimum Gasteiger partial charge on any atom is -0.454 e. The van der Waals surface area contributed by atoms with Gasteiger partial charge < -0.3 is 9.47 Å². The first-order chi connectivity index (χ1) is 11.7. The number of hydrazone groups is 1. The first-order valence-corrected chi connectivity index (χ1v) is 8.04. The second kappa shape index (κ2) is 7.36. The summed E-state index contributed by atoms with van der Waals surface area (Å²) in [5.74, 6) is 0.826. The molecule has 2 aromatic carbocycles. The van der Waals surface area contributed by atoms with Crippen LogP contribution in [0.1, 0.15) is 30.4 Å². The Morgan fingerprint density at radius 1 is 1.29 bits per heavy atom. The number of nitrogens with zero attached hydrogens (tertiary/aromatic N) is 1. The van der Waals surface area contributed by atoms with Crippen molar-refractivity contribution in [1.82, 2.24) is 5.43 Å². The molecule has 1 aliphatic heterocycles. The molecule has 1 amide bonds. The van der Waals surface area contributed by atoms with E-state index in [0.29, 0.717) is 28.5 Å². The van der Waals surface area contributed by atoms with Crippen LogP contribution in [0.3, 0.4) is 0 Å². The van der Waals surface area contributed by atoms with Crippen molar-refractivity contribution in [3.05, 3.63) is 58.6 Å². The van der Waals surface area contributed by atoms with Gasteiger partial charge in [0.2, 0.25) is 12.7 Å². The van der Waals surface area contributed by atoms with Gasteiger partial charge in [-0.3, -0.25) is 4.79 Å². The molecule has 24 heavy (non-hydrogen) atoms. The van der Waals surface area contributed by atoms with Gasteiger partial charge in [-0.2, -0.15) is 5.10 Å². The molecular formula is C18H17ClN2O3. The van der Waals surface area contributed by atoms with Gasteiger partial charge in [0.25, 0.3) is 0 Å². The van der Waals surface area contributed by atoms with E-state index in [9.17, 15) is 4.79 Å². The first kappa shape index (κ1) is 16.3. The molecule has 124 valence electrons. The molecule has 0 saturated heterocycles. The molecule has 1 unspecified atom stereocenters. The fourth-order valence-electron chi connectivity index (χ4n) is 2.53. The fraction of sp³-hybridized carbons (Fsp3) is 0.222. The van der Waals surface area contributed by atoms with Gasteiger partial charge in [-0.1, -0.05) is 48.9 Å². The van der Waals surface area contributed by atoms with Crippen LogP contribution in [0.2, 0.25) is 5.02 Å². The molecule has 0 aromatic heterocycles. The summed E-state index contributed by atoms with van der Waals surface area (Å²) >= 11 is 6.17. The molecule has 3 rings (SSSR count). The number of rotatable bonds is 5. The predicted molar refractivity (Wildman–Crippen MR) is 92.8 cm³/mol. The van der Waals surface area contributed by atoms with E-state index in [1.54, 1.807) is 12.1 Å². The molecular weight excluding hydrogens is 328 g/mol. The second-order valence-corrected chi connectivity index (χ2v) is 5.74. The van der Waals surface area contributed by atoms with E-state index in [0.717, 1.165) is 5.56 Å². The highest BCUT2D eigenvalue weighted by molar-refractivity contribution is 6.33.